The van der Waals surface area contributed by atoms with Gasteiger partial charge < -0.3 is 5.73 Å². The topological polar surface area (TPSA) is 38.9 Å². The van der Waals surface area contributed by atoms with Gasteiger partial charge in [0.15, 0.2) is 0 Å². The van der Waals surface area contributed by atoms with Crippen LogP contribution < -0.4 is 5.73 Å². The normalized spacial score (nSPS) is 19.1. The van der Waals surface area contributed by atoms with Gasteiger partial charge >= 0.3 is 0 Å². The molecule has 0 aliphatic heterocycles. The minimum Gasteiger partial charge on any atom is -0.319 e. The summed E-state index contributed by atoms with van der Waals surface area (Å²) in [4.78, 5) is 6.30. The van der Waals surface area contributed by atoms with Gasteiger partial charge in [-0.2, -0.15) is 0 Å². The van der Waals surface area contributed by atoms with Crippen LogP contribution >= 0.6 is 11.3 Å². The highest BCUT2D eigenvalue weighted by Gasteiger charge is 2.32. The lowest BCUT2D eigenvalue weighted by atomic mass is 9.79. The van der Waals surface area contributed by atoms with Crippen molar-refractivity contribution >= 4 is 11.3 Å². The van der Waals surface area contributed by atoms with Crippen LogP contribution in [-0.4, -0.2) is 4.98 Å². The van der Waals surface area contributed by atoms with Crippen LogP contribution in [0.1, 0.15) is 62.5 Å². The van der Waals surface area contributed by atoms with E-state index in [0.717, 1.165) is 24.3 Å². The number of rotatable bonds is 3. The molecule has 0 radical (unpaired) electrons. The molecule has 0 bridgehead atoms. The number of aromatic nitrogens is 1. The van der Waals surface area contributed by atoms with Gasteiger partial charge in [-0.25, -0.2) is 4.98 Å². The van der Waals surface area contributed by atoms with Crippen LogP contribution in [-0.2, 0) is 18.4 Å². The van der Waals surface area contributed by atoms with Crippen LogP contribution in [0, 0.1) is 5.41 Å². The molecule has 0 fully saturated rings. The molecule has 1 aliphatic carbocycles. The monoisotopic (exact) mass is 252 g/mol. The zero-order valence-electron chi connectivity index (χ0n) is 11.5. The Morgan fingerprint density at radius 2 is 2.00 bits per heavy atom. The lowest BCUT2D eigenvalue weighted by Gasteiger charge is -2.28. The maximum atomic E-state index is 6.45. The van der Waals surface area contributed by atoms with Crippen molar-refractivity contribution in [3.63, 3.8) is 0 Å². The van der Waals surface area contributed by atoms with Crippen LogP contribution in [0.4, 0.5) is 0 Å². The van der Waals surface area contributed by atoms with E-state index in [9.17, 15) is 0 Å². The SMILES string of the molecule is CCC(N)(CC)c1nc2c(s1)CC(C)(C)CC2. The van der Waals surface area contributed by atoms with E-state index < -0.39 is 0 Å². The minimum atomic E-state index is -0.202. The molecule has 1 heterocycles. The highest BCUT2D eigenvalue weighted by molar-refractivity contribution is 7.11. The molecule has 96 valence electrons. The number of fused-ring (bicyclic) bond motifs is 1. The molecule has 0 aromatic carbocycles. The van der Waals surface area contributed by atoms with Gasteiger partial charge in [0, 0.05) is 4.88 Å². The van der Waals surface area contributed by atoms with Gasteiger partial charge in [-0.1, -0.05) is 27.7 Å². The lowest BCUT2D eigenvalue weighted by Crippen LogP contribution is -2.34. The van der Waals surface area contributed by atoms with Crippen molar-refractivity contribution in [2.45, 2.75) is 65.3 Å². The number of hydrogen-bond acceptors (Lipinski definition) is 3. The van der Waals surface area contributed by atoms with Gasteiger partial charge in [-0.05, 0) is 37.5 Å². The van der Waals surface area contributed by atoms with E-state index in [2.05, 4.69) is 27.7 Å². The largest absolute Gasteiger partial charge is 0.319 e. The average molecular weight is 252 g/mol. The lowest BCUT2D eigenvalue weighted by molar-refractivity contribution is 0.316. The first-order valence-corrected chi connectivity index (χ1v) is 7.50. The first-order valence-electron chi connectivity index (χ1n) is 6.68. The Labute approximate surface area is 109 Å². The summed E-state index contributed by atoms with van der Waals surface area (Å²) in [7, 11) is 0. The van der Waals surface area contributed by atoms with E-state index in [0.29, 0.717) is 5.41 Å². The molecule has 2 N–H and O–H groups in total. The Kier molecular flexibility index (Phi) is 3.34. The quantitative estimate of drug-likeness (QED) is 0.892. The molecule has 1 aromatic rings. The van der Waals surface area contributed by atoms with Crippen molar-refractivity contribution in [3.8, 4) is 0 Å². The summed E-state index contributed by atoms with van der Waals surface area (Å²) in [6.07, 6.45) is 5.49. The third-order valence-corrected chi connectivity index (χ3v) is 5.46. The Balaban J connectivity index is 2.33. The fraction of sp³-hybridized carbons (Fsp3) is 0.786. The molecule has 0 saturated heterocycles. The van der Waals surface area contributed by atoms with Crippen LogP contribution in [0.2, 0.25) is 0 Å². The number of aryl methyl sites for hydroxylation is 1. The molecule has 0 spiro atoms. The van der Waals surface area contributed by atoms with E-state index in [-0.39, 0.29) is 5.54 Å². The van der Waals surface area contributed by atoms with E-state index in [1.165, 1.54) is 23.4 Å². The zero-order chi connectivity index (χ0) is 12.7. The molecule has 1 aliphatic rings. The molecule has 0 amide bonds. The molecular formula is C14H24N2S. The van der Waals surface area contributed by atoms with Gasteiger partial charge in [0.2, 0.25) is 0 Å². The maximum Gasteiger partial charge on any atom is 0.113 e. The standard InChI is InChI=1S/C14H24N2S/c1-5-14(15,6-2)12-16-10-7-8-13(3,4)9-11(10)17-12/h5-9,15H2,1-4H3. The smallest absolute Gasteiger partial charge is 0.113 e. The van der Waals surface area contributed by atoms with Gasteiger partial charge in [-0.3, -0.25) is 0 Å². The zero-order valence-corrected chi connectivity index (χ0v) is 12.3. The third-order valence-electron chi connectivity index (χ3n) is 4.14. The van der Waals surface area contributed by atoms with E-state index in [1.807, 2.05) is 11.3 Å². The number of thiazole rings is 1. The van der Waals surface area contributed by atoms with Gasteiger partial charge in [-0.15, -0.1) is 11.3 Å². The summed E-state index contributed by atoms with van der Waals surface area (Å²) in [5.74, 6) is 0. The van der Waals surface area contributed by atoms with E-state index in [1.54, 1.807) is 0 Å². The Hall–Kier alpha value is -0.410. The van der Waals surface area contributed by atoms with E-state index in [4.69, 9.17) is 10.7 Å². The summed E-state index contributed by atoms with van der Waals surface area (Å²) >= 11 is 1.86. The van der Waals surface area contributed by atoms with Crippen molar-refractivity contribution in [2.75, 3.05) is 0 Å². The first-order chi connectivity index (χ1) is 7.90. The molecule has 1 aromatic heterocycles. The maximum absolute atomic E-state index is 6.45. The molecule has 0 unspecified atom stereocenters. The highest BCUT2D eigenvalue weighted by Crippen LogP contribution is 2.40. The fourth-order valence-corrected chi connectivity index (χ4v) is 4.07. The van der Waals surface area contributed by atoms with Gasteiger partial charge in [0.25, 0.3) is 0 Å². The summed E-state index contributed by atoms with van der Waals surface area (Å²) in [6, 6.07) is 0. The highest BCUT2D eigenvalue weighted by atomic mass is 32.1. The van der Waals surface area contributed by atoms with Crippen molar-refractivity contribution in [3.05, 3.63) is 15.6 Å². The Morgan fingerprint density at radius 3 is 2.59 bits per heavy atom. The predicted octanol–water partition coefficient (Wildman–Crippen LogP) is 3.63. The minimum absolute atomic E-state index is 0.202. The summed E-state index contributed by atoms with van der Waals surface area (Å²) in [5.41, 5.74) is 8.00. The second-order valence-corrected chi connectivity index (χ2v) is 7.18. The predicted molar refractivity (Wildman–Crippen MR) is 74.4 cm³/mol. The summed E-state index contributed by atoms with van der Waals surface area (Å²) < 4.78 is 0. The molecule has 2 rings (SSSR count). The van der Waals surface area contributed by atoms with Gasteiger partial charge in [0.05, 0.1) is 11.2 Å². The van der Waals surface area contributed by atoms with Crippen LogP contribution in [0.5, 0.6) is 0 Å². The summed E-state index contributed by atoms with van der Waals surface area (Å²) in [5, 5.41) is 1.16. The van der Waals surface area contributed by atoms with Crippen LogP contribution in [0.25, 0.3) is 0 Å². The van der Waals surface area contributed by atoms with Gasteiger partial charge in [0.1, 0.15) is 5.01 Å². The molecular weight excluding hydrogens is 228 g/mol. The van der Waals surface area contributed by atoms with Crippen molar-refractivity contribution in [2.24, 2.45) is 11.1 Å². The summed E-state index contributed by atoms with van der Waals surface area (Å²) in [6.45, 7) is 9.02. The van der Waals surface area contributed by atoms with Crippen molar-refractivity contribution in [1.82, 2.24) is 4.98 Å². The van der Waals surface area contributed by atoms with Crippen LogP contribution in [0.3, 0.4) is 0 Å². The number of nitrogens with zero attached hydrogens (tertiary/aromatic N) is 1. The molecule has 0 saturated carbocycles. The third kappa shape index (κ3) is 2.41. The molecule has 2 nitrogen and oxygen atoms in total. The van der Waals surface area contributed by atoms with Crippen LogP contribution in [0.15, 0.2) is 0 Å². The molecule has 17 heavy (non-hydrogen) atoms. The number of nitrogens with two attached hydrogens (primary N) is 1. The molecule has 0 atom stereocenters. The Morgan fingerprint density at radius 1 is 1.35 bits per heavy atom. The molecule has 3 heteroatoms. The fourth-order valence-electron chi connectivity index (χ4n) is 2.46. The second kappa shape index (κ2) is 4.36. The second-order valence-electron chi connectivity index (χ2n) is 6.09. The first kappa shape index (κ1) is 13.0. The Bertz CT molecular complexity index is 402. The van der Waals surface area contributed by atoms with Crippen molar-refractivity contribution < 1.29 is 0 Å². The average Bonchev–Trinajstić information content (AvgIpc) is 2.69. The van der Waals surface area contributed by atoms with E-state index >= 15 is 0 Å². The number of hydrogen-bond donors (Lipinski definition) is 1. The van der Waals surface area contributed by atoms with Crippen molar-refractivity contribution in [1.29, 1.82) is 0 Å².